The van der Waals surface area contributed by atoms with Gasteiger partial charge in [0.2, 0.25) is 6.17 Å². The Labute approximate surface area is 103 Å². The van der Waals surface area contributed by atoms with Gasteiger partial charge in [0.05, 0.1) is 12.6 Å². The number of carbonyl (C=O) groups excluding carboxylic acids is 1. The zero-order chi connectivity index (χ0) is 13.0. The van der Waals surface area contributed by atoms with Gasteiger partial charge in [0.15, 0.2) is 0 Å². The Morgan fingerprint density at radius 1 is 1.59 bits per heavy atom. The molecule has 0 spiro atoms. The van der Waals surface area contributed by atoms with Gasteiger partial charge in [0.1, 0.15) is 5.82 Å². The Morgan fingerprint density at radius 2 is 2.24 bits per heavy atom. The van der Waals surface area contributed by atoms with Gasteiger partial charge in [-0.15, -0.1) is 0 Å². The molecule has 1 aromatic carbocycles. The normalized spacial score (nSPS) is 14.2. The number of hydrogen-bond donors (Lipinski definition) is 1. The Kier molecular flexibility index (Phi) is 4.84. The van der Waals surface area contributed by atoms with Crippen LogP contribution < -0.4 is 5.73 Å². The first-order chi connectivity index (χ1) is 7.97. The van der Waals surface area contributed by atoms with E-state index in [0.29, 0.717) is 0 Å². The maximum Gasteiger partial charge on any atom is 0.342 e. The third-order valence-electron chi connectivity index (χ3n) is 2.15. The Hall–Kier alpha value is -1.20. The van der Waals surface area contributed by atoms with Crippen LogP contribution in [0.25, 0.3) is 0 Å². The summed E-state index contributed by atoms with van der Waals surface area (Å²) in [4.78, 5) is 11.1. The first-order valence-corrected chi connectivity index (χ1v) is 5.36. The van der Waals surface area contributed by atoms with Crippen LogP contribution in [-0.4, -0.2) is 18.7 Å². The Bertz CT molecular complexity index is 414. The molecule has 3 nitrogen and oxygen atoms in total. The zero-order valence-corrected chi connectivity index (χ0v) is 9.88. The topological polar surface area (TPSA) is 52.3 Å². The van der Waals surface area contributed by atoms with Gasteiger partial charge in [0, 0.05) is 5.02 Å². The maximum atomic E-state index is 13.6. The highest BCUT2D eigenvalue weighted by Gasteiger charge is 2.29. The second kappa shape index (κ2) is 5.93. The van der Waals surface area contributed by atoms with E-state index in [0.717, 1.165) is 12.1 Å². The smallest absolute Gasteiger partial charge is 0.342 e. The third kappa shape index (κ3) is 3.38. The van der Waals surface area contributed by atoms with Crippen LogP contribution in [-0.2, 0) is 9.53 Å². The standard InChI is InChI=1S/C11H12ClF2NO2/c1-2-17-11(16)9(14)10(15)7-4-3-6(13)5-8(7)12/h3-5,9-10H,2,15H2,1H3/t9?,10-/m0/s1. The van der Waals surface area contributed by atoms with Crippen molar-refractivity contribution < 1.29 is 18.3 Å². The molecule has 1 unspecified atom stereocenters. The molecule has 17 heavy (non-hydrogen) atoms. The third-order valence-corrected chi connectivity index (χ3v) is 2.48. The molecule has 0 fully saturated rings. The van der Waals surface area contributed by atoms with E-state index in [1.165, 1.54) is 6.07 Å². The minimum absolute atomic E-state index is 0.0237. The van der Waals surface area contributed by atoms with Crippen molar-refractivity contribution in [1.29, 1.82) is 0 Å². The summed E-state index contributed by atoms with van der Waals surface area (Å²) in [6.45, 7) is 1.62. The molecule has 6 heteroatoms. The van der Waals surface area contributed by atoms with Crippen LogP contribution in [0.4, 0.5) is 8.78 Å². The molecule has 94 valence electrons. The van der Waals surface area contributed by atoms with Crippen LogP contribution in [0.3, 0.4) is 0 Å². The molecule has 2 N–H and O–H groups in total. The van der Waals surface area contributed by atoms with E-state index in [1.54, 1.807) is 6.92 Å². The number of alkyl halides is 1. The van der Waals surface area contributed by atoms with E-state index >= 15 is 0 Å². The lowest BCUT2D eigenvalue weighted by Crippen LogP contribution is -2.31. The number of nitrogens with two attached hydrogens (primary N) is 1. The number of rotatable bonds is 4. The first kappa shape index (κ1) is 13.9. The fourth-order valence-corrected chi connectivity index (χ4v) is 1.59. The van der Waals surface area contributed by atoms with Crippen LogP contribution in [0.2, 0.25) is 5.02 Å². The van der Waals surface area contributed by atoms with Crippen molar-refractivity contribution in [3.63, 3.8) is 0 Å². The molecule has 0 bridgehead atoms. The predicted molar refractivity (Wildman–Crippen MR) is 59.9 cm³/mol. The number of esters is 1. The second-order valence-corrected chi connectivity index (χ2v) is 3.75. The fourth-order valence-electron chi connectivity index (χ4n) is 1.30. The lowest BCUT2D eigenvalue weighted by molar-refractivity contribution is -0.149. The molecular weight excluding hydrogens is 252 g/mol. The Morgan fingerprint density at radius 3 is 2.76 bits per heavy atom. The molecule has 2 atom stereocenters. The van der Waals surface area contributed by atoms with Gasteiger partial charge in [-0.05, 0) is 24.6 Å². The summed E-state index contributed by atoms with van der Waals surface area (Å²) < 4.78 is 30.9. The second-order valence-electron chi connectivity index (χ2n) is 3.35. The number of benzene rings is 1. The van der Waals surface area contributed by atoms with Crippen LogP contribution >= 0.6 is 11.6 Å². The van der Waals surface area contributed by atoms with Gasteiger partial charge >= 0.3 is 5.97 Å². The predicted octanol–water partition coefficient (Wildman–Crippen LogP) is 2.38. The molecule has 0 amide bonds. The average molecular weight is 264 g/mol. The molecule has 0 aliphatic carbocycles. The molecular formula is C11H12ClF2NO2. The summed E-state index contributed by atoms with van der Waals surface area (Å²) in [7, 11) is 0. The van der Waals surface area contributed by atoms with Gasteiger partial charge < -0.3 is 10.5 Å². The van der Waals surface area contributed by atoms with Gasteiger partial charge in [-0.25, -0.2) is 13.6 Å². The monoisotopic (exact) mass is 263 g/mol. The van der Waals surface area contributed by atoms with Crippen LogP contribution in [0, 0.1) is 5.82 Å². The van der Waals surface area contributed by atoms with E-state index in [9.17, 15) is 13.6 Å². The molecule has 0 aliphatic rings. The quantitative estimate of drug-likeness (QED) is 0.849. The van der Waals surface area contributed by atoms with E-state index in [-0.39, 0.29) is 17.2 Å². The summed E-state index contributed by atoms with van der Waals surface area (Å²) in [6.07, 6.45) is -2.03. The molecule has 0 heterocycles. The fraction of sp³-hybridized carbons (Fsp3) is 0.364. The van der Waals surface area contributed by atoms with E-state index < -0.39 is 24.0 Å². The Balaban J connectivity index is 2.88. The minimum Gasteiger partial charge on any atom is -0.464 e. The summed E-state index contributed by atoms with van der Waals surface area (Å²) in [5.74, 6) is -1.61. The minimum atomic E-state index is -2.03. The van der Waals surface area contributed by atoms with Crippen LogP contribution in [0.1, 0.15) is 18.5 Å². The largest absolute Gasteiger partial charge is 0.464 e. The summed E-state index contributed by atoms with van der Waals surface area (Å²) in [5, 5.41) is -0.0237. The number of ether oxygens (including phenoxy) is 1. The van der Waals surface area contributed by atoms with Crippen LogP contribution in [0.15, 0.2) is 18.2 Å². The first-order valence-electron chi connectivity index (χ1n) is 4.98. The van der Waals surface area contributed by atoms with Gasteiger partial charge in [-0.3, -0.25) is 0 Å². The summed E-state index contributed by atoms with van der Waals surface area (Å²) in [6, 6.07) is 2.07. The SMILES string of the molecule is CCOC(=O)C(F)[C@@H](N)c1ccc(F)cc1Cl. The van der Waals surface area contributed by atoms with Crippen molar-refractivity contribution in [3.05, 3.63) is 34.6 Å². The maximum absolute atomic E-state index is 13.6. The molecule has 0 saturated heterocycles. The van der Waals surface area contributed by atoms with E-state index in [1.807, 2.05) is 0 Å². The highest BCUT2D eigenvalue weighted by molar-refractivity contribution is 6.31. The highest BCUT2D eigenvalue weighted by Crippen LogP contribution is 2.26. The van der Waals surface area contributed by atoms with E-state index in [4.69, 9.17) is 17.3 Å². The molecule has 1 rings (SSSR count). The highest BCUT2D eigenvalue weighted by atomic mass is 35.5. The lowest BCUT2D eigenvalue weighted by Gasteiger charge is -2.16. The van der Waals surface area contributed by atoms with Crippen molar-refractivity contribution in [2.24, 2.45) is 5.73 Å². The van der Waals surface area contributed by atoms with Crippen molar-refractivity contribution in [3.8, 4) is 0 Å². The average Bonchev–Trinajstić information content (AvgIpc) is 2.27. The number of hydrogen-bond acceptors (Lipinski definition) is 3. The zero-order valence-electron chi connectivity index (χ0n) is 9.12. The molecule has 1 aromatic rings. The van der Waals surface area contributed by atoms with Crippen LogP contribution in [0.5, 0.6) is 0 Å². The van der Waals surface area contributed by atoms with Crippen molar-refractivity contribution in [2.75, 3.05) is 6.61 Å². The van der Waals surface area contributed by atoms with Gasteiger partial charge in [-0.2, -0.15) is 0 Å². The van der Waals surface area contributed by atoms with E-state index in [2.05, 4.69) is 4.74 Å². The molecule has 0 aliphatic heterocycles. The number of carbonyl (C=O) groups is 1. The molecule has 0 aromatic heterocycles. The lowest BCUT2D eigenvalue weighted by atomic mass is 10.0. The van der Waals surface area contributed by atoms with Crippen molar-refractivity contribution in [2.45, 2.75) is 19.1 Å². The summed E-state index contributed by atoms with van der Waals surface area (Å²) >= 11 is 5.71. The number of halogens is 3. The van der Waals surface area contributed by atoms with Gasteiger partial charge in [0.25, 0.3) is 0 Å². The van der Waals surface area contributed by atoms with Gasteiger partial charge in [-0.1, -0.05) is 17.7 Å². The van der Waals surface area contributed by atoms with Crippen molar-refractivity contribution in [1.82, 2.24) is 0 Å². The molecule has 0 saturated carbocycles. The molecule has 0 radical (unpaired) electrons. The van der Waals surface area contributed by atoms with Crippen molar-refractivity contribution >= 4 is 17.6 Å². The summed E-state index contributed by atoms with van der Waals surface area (Å²) in [5.41, 5.74) is 5.70.